The Bertz CT molecular complexity index is 834. The summed E-state index contributed by atoms with van der Waals surface area (Å²) < 4.78 is 9.80. The first-order valence-corrected chi connectivity index (χ1v) is 7.57. The molecule has 1 aromatic carbocycles. The van der Waals surface area contributed by atoms with Gasteiger partial charge in [-0.05, 0) is 31.5 Å². The minimum atomic E-state index is -0.763. The molecule has 0 unspecified atom stereocenters. The van der Waals surface area contributed by atoms with E-state index in [0.29, 0.717) is 11.3 Å². The van der Waals surface area contributed by atoms with Crippen LogP contribution in [-0.2, 0) is 9.53 Å². The van der Waals surface area contributed by atoms with Crippen molar-refractivity contribution in [2.75, 3.05) is 11.9 Å². The van der Waals surface area contributed by atoms with Crippen molar-refractivity contribution in [2.24, 2.45) is 0 Å². The molecule has 0 atom stereocenters. The molecule has 1 heterocycles. The van der Waals surface area contributed by atoms with Gasteiger partial charge in [0.05, 0.1) is 15.7 Å². The minimum absolute atomic E-state index is 0.114. The van der Waals surface area contributed by atoms with Crippen molar-refractivity contribution >= 4 is 40.8 Å². The molecule has 24 heavy (non-hydrogen) atoms. The molecule has 2 aromatic rings. The second kappa shape index (κ2) is 7.51. The Balaban J connectivity index is 2.03. The maximum atomic E-state index is 12.1. The highest BCUT2D eigenvalue weighted by molar-refractivity contribution is 6.44. The highest BCUT2D eigenvalue weighted by atomic mass is 35.5. The third-order valence-corrected chi connectivity index (χ3v) is 3.92. The Morgan fingerprint density at radius 1 is 1.25 bits per heavy atom. The van der Waals surface area contributed by atoms with Gasteiger partial charge in [-0.2, -0.15) is 0 Å². The van der Waals surface area contributed by atoms with Crippen LogP contribution in [0.25, 0.3) is 0 Å². The van der Waals surface area contributed by atoms with E-state index >= 15 is 0 Å². The summed E-state index contributed by atoms with van der Waals surface area (Å²) in [6, 6.07) is 5.94. The van der Waals surface area contributed by atoms with Crippen LogP contribution in [0.1, 0.15) is 21.7 Å². The van der Waals surface area contributed by atoms with Crippen molar-refractivity contribution < 1.29 is 18.7 Å². The van der Waals surface area contributed by atoms with E-state index in [1.807, 2.05) is 0 Å². The summed E-state index contributed by atoms with van der Waals surface area (Å²) in [5, 5.41) is 2.97. The Hall–Kier alpha value is -2.31. The predicted molar refractivity (Wildman–Crippen MR) is 89.8 cm³/mol. The molecule has 0 radical (unpaired) electrons. The smallest absolute Gasteiger partial charge is 0.342 e. The number of aryl methyl sites for hydroxylation is 2. The van der Waals surface area contributed by atoms with Crippen molar-refractivity contribution in [1.82, 2.24) is 0 Å². The molecule has 0 saturated heterocycles. The van der Waals surface area contributed by atoms with Gasteiger partial charge in [-0.3, -0.25) is 4.79 Å². The molecule has 0 saturated carbocycles. The van der Waals surface area contributed by atoms with Crippen LogP contribution in [0.3, 0.4) is 0 Å². The number of hydrogen-bond acceptors (Lipinski definition) is 5. The molecular formula is C16H13Cl2NO5. The molecule has 8 heteroatoms. The fraction of sp³-hybridized carbons (Fsp3) is 0.188. The Kier molecular flexibility index (Phi) is 5.64. The predicted octanol–water partition coefficient (Wildman–Crippen LogP) is 3.36. The number of halogens is 2. The standard InChI is InChI=1S/C16H13Cl2NO5/c1-8-6-13(21)24-9(2)14(8)16(22)23-7-12(20)19-11-5-3-4-10(17)15(11)18/h3-6H,7H2,1-2H3,(H,19,20). The summed E-state index contributed by atoms with van der Waals surface area (Å²) >= 11 is 11.8. The maximum Gasteiger partial charge on any atom is 0.342 e. The van der Waals surface area contributed by atoms with Gasteiger partial charge in [-0.25, -0.2) is 9.59 Å². The van der Waals surface area contributed by atoms with Gasteiger partial charge in [-0.1, -0.05) is 29.3 Å². The van der Waals surface area contributed by atoms with E-state index < -0.39 is 24.1 Å². The first kappa shape index (κ1) is 18.0. The summed E-state index contributed by atoms with van der Waals surface area (Å²) in [5.41, 5.74) is 0.272. The average molecular weight is 370 g/mol. The normalized spacial score (nSPS) is 10.3. The van der Waals surface area contributed by atoms with Gasteiger partial charge in [0.15, 0.2) is 6.61 Å². The fourth-order valence-electron chi connectivity index (χ4n) is 2.05. The van der Waals surface area contributed by atoms with Crippen LogP contribution in [0.2, 0.25) is 10.0 Å². The van der Waals surface area contributed by atoms with E-state index in [0.717, 1.165) is 0 Å². The number of anilines is 1. The molecule has 0 fully saturated rings. The summed E-state index contributed by atoms with van der Waals surface area (Å²) in [5.74, 6) is -1.22. The van der Waals surface area contributed by atoms with Gasteiger partial charge in [0.1, 0.15) is 11.3 Å². The van der Waals surface area contributed by atoms with Crippen molar-refractivity contribution in [3.05, 3.63) is 61.6 Å². The molecule has 1 aromatic heterocycles. The minimum Gasteiger partial charge on any atom is -0.452 e. The second-order valence-electron chi connectivity index (χ2n) is 4.91. The summed E-state index contributed by atoms with van der Waals surface area (Å²) in [6.07, 6.45) is 0. The van der Waals surface area contributed by atoms with Gasteiger partial charge < -0.3 is 14.5 Å². The topological polar surface area (TPSA) is 85.6 Å². The molecule has 1 N–H and O–H groups in total. The van der Waals surface area contributed by atoms with Gasteiger partial charge in [-0.15, -0.1) is 0 Å². The Morgan fingerprint density at radius 3 is 2.62 bits per heavy atom. The number of ether oxygens (including phenoxy) is 1. The van der Waals surface area contributed by atoms with Gasteiger partial charge in [0, 0.05) is 6.07 Å². The molecule has 0 bridgehead atoms. The Labute approximate surface area is 147 Å². The molecule has 0 spiro atoms. The highest BCUT2D eigenvalue weighted by Gasteiger charge is 2.18. The van der Waals surface area contributed by atoms with Crippen LogP contribution in [0.5, 0.6) is 0 Å². The first-order chi connectivity index (χ1) is 11.3. The summed E-state index contributed by atoms with van der Waals surface area (Å²) in [6.45, 7) is 2.52. The number of amides is 1. The van der Waals surface area contributed by atoms with Gasteiger partial charge in [0.25, 0.3) is 5.91 Å². The van der Waals surface area contributed by atoms with Crippen molar-refractivity contribution in [3.63, 3.8) is 0 Å². The SMILES string of the molecule is Cc1cc(=O)oc(C)c1C(=O)OCC(=O)Nc1cccc(Cl)c1Cl. The highest BCUT2D eigenvalue weighted by Crippen LogP contribution is 2.29. The van der Waals surface area contributed by atoms with E-state index in [-0.39, 0.29) is 21.4 Å². The maximum absolute atomic E-state index is 12.1. The molecule has 0 aliphatic rings. The first-order valence-electron chi connectivity index (χ1n) is 6.82. The zero-order chi connectivity index (χ0) is 17.9. The molecular weight excluding hydrogens is 357 g/mol. The lowest BCUT2D eigenvalue weighted by molar-refractivity contribution is -0.119. The van der Waals surface area contributed by atoms with Crippen LogP contribution >= 0.6 is 23.2 Å². The molecule has 126 valence electrons. The monoisotopic (exact) mass is 369 g/mol. The largest absolute Gasteiger partial charge is 0.452 e. The number of rotatable bonds is 4. The van der Waals surface area contributed by atoms with Crippen LogP contribution < -0.4 is 10.9 Å². The van der Waals surface area contributed by atoms with Gasteiger partial charge >= 0.3 is 11.6 Å². The molecule has 2 rings (SSSR count). The molecule has 0 aliphatic heterocycles. The third kappa shape index (κ3) is 4.15. The van der Waals surface area contributed by atoms with Gasteiger partial charge in [0.2, 0.25) is 0 Å². The van der Waals surface area contributed by atoms with E-state index in [2.05, 4.69) is 5.32 Å². The van der Waals surface area contributed by atoms with Crippen LogP contribution in [0.15, 0.2) is 33.5 Å². The molecule has 6 nitrogen and oxygen atoms in total. The number of benzene rings is 1. The fourth-order valence-corrected chi connectivity index (χ4v) is 2.40. The average Bonchev–Trinajstić information content (AvgIpc) is 2.49. The lowest BCUT2D eigenvalue weighted by atomic mass is 10.1. The van der Waals surface area contributed by atoms with Crippen LogP contribution in [0.4, 0.5) is 5.69 Å². The zero-order valence-corrected chi connectivity index (χ0v) is 14.3. The van der Waals surface area contributed by atoms with Crippen molar-refractivity contribution in [1.29, 1.82) is 0 Å². The zero-order valence-electron chi connectivity index (χ0n) is 12.8. The van der Waals surface area contributed by atoms with E-state index in [1.165, 1.54) is 13.0 Å². The molecule has 1 amide bonds. The quantitative estimate of drug-likeness (QED) is 0.835. The number of carbonyl (C=O) groups excluding carboxylic acids is 2. The van der Waals surface area contributed by atoms with Crippen molar-refractivity contribution in [3.8, 4) is 0 Å². The number of esters is 1. The van der Waals surface area contributed by atoms with Crippen molar-refractivity contribution in [2.45, 2.75) is 13.8 Å². The number of carbonyl (C=O) groups is 2. The third-order valence-electron chi connectivity index (χ3n) is 3.10. The van der Waals surface area contributed by atoms with Crippen LogP contribution in [-0.4, -0.2) is 18.5 Å². The molecule has 0 aliphatic carbocycles. The van der Waals surface area contributed by atoms with E-state index in [1.54, 1.807) is 25.1 Å². The number of nitrogens with one attached hydrogen (secondary N) is 1. The van der Waals surface area contributed by atoms with Crippen LogP contribution in [0, 0.1) is 13.8 Å². The lowest BCUT2D eigenvalue weighted by Crippen LogP contribution is -2.22. The second-order valence-corrected chi connectivity index (χ2v) is 5.69. The summed E-state index contributed by atoms with van der Waals surface area (Å²) in [4.78, 5) is 35.1. The lowest BCUT2D eigenvalue weighted by Gasteiger charge is -2.10. The van der Waals surface area contributed by atoms with E-state index in [4.69, 9.17) is 32.4 Å². The Morgan fingerprint density at radius 2 is 1.96 bits per heavy atom. The number of hydrogen-bond donors (Lipinski definition) is 1. The summed E-state index contributed by atoms with van der Waals surface area (Å²) in [7, 11) is 0. The van der Waals surface area contributed by atoms with E-state index in [9.17, 15) is 14.4 Å².